The third-order valence-corrected chi connectivity index (χ3v) is 6.10. The SMILES string of the molecule is CCOc1ccc2c(c1)c(=O)c(C(=O)c1ccc(C)cc1)cn2CC(=O)Nc1ccc(C)c(Cl)c1. The van der Waals surface area contributed by atoms with Crippen LogP contribution in [0.25, 0.3) is 10.9 Å². The van der Waals surface area contributed by atoms with Crippen LogP contribution < -0.4 is 15.5 Å². The third kappa shape index (κ3) is 5.28. The van der Waals surface area contributed by atoms with Gasteiger partial charge in [0, 0.05) is 22.5 Å². The monoisotopic (exact) mass is 488 g/mol. The van der Waals surface area contributed by atoms with Crippen LogP contribution in [0.1, 0.15) is 34.0 Å². The van der Waals surface area contributed by atoms with Crippen LogP contribution in [0.5, 0.6) is 5.75 Å². The third-order valence-electron chi connectivity index (χ3n) is 5.69. The van der Waals surface area contributed by atoms with Crippen molar-refractivity contribution in [1.82, 2.24) is 4.57 Å². The summed E-state index contributed by atoms with van der Waals surface area (Å²) < 4.78 is 7.17. The van der Waals surface area contributed by atoms with Gasteiger partial charge >= 0.3 is 0 Å². The zero-order valence-electron chi connectivity index (χ0n) is 19.7. The van der Waals surface area contributed by atoms with E-state index in [1.165, 1.54) is 6.20 Å². The molecule has 7 heteroatoms. The van der Waals surface area contributed by atoms with E-state index in [9.17, 15) is 14.4 Å². The van der Waals surface area contributed by atoms with E-state index < -0.39 is 11.2 Å². The zero-order chi connectivity index (χ0) is 25.1. The van der Waals surface area contributed by atoms with Gasteiger partial charge in [0.1, 0.15) is 12.3 Å². The van der Waals surface area contributed by atoms with Crippen molar-refractivity contribution >= 4 is 39.9 Å². The molecule has 0 aliphatic rings. The van der Waals surface area contributed by atoms with E-state index in [0.29, 0.717) is 39.5 Å². The Bertz CT molecular complexity index is 1490. The molecule has 0 aliphatic heterocycles. The smallest absolute Gasteiger partial charge is 0.244 e. The topological polar surface area (TPSA) is 77.4 Å². The summed E-state index contributed by atoms with van der Waals surface area (Å²) in [6.45, 7) is 5.98. The lowest BCUT2D eigenvalue weighted by atomic mass is 10.0. The first-order valence-electron chi connectivity index (χ1n) is 11.2. The van der Waals surface area contributed by atoms with Crippen molar-refractivity contribution in [3.63, 3.8) is 0 Å². The molecular weight excluding hydrogens is 464 g/mol. The number of anilines is 1. The number of nitrogens with one attached hydrogen (secondary N) is 1. The molecule has 0 saturated carbocycles. The number of ether oxygens (including phenoxy) is 1. The number of aryl methyl sites for hydroxylation is 2. The average Bonchev–Trinajstić information content (AvgIpc) is 2.83. The molecule has 1 amide bonds. The highest BCUT2D eigenvalue weighted by Gasteiger charge is 2.19. The Kier molecular flexibility index (Phi) is 7.03. The highest BCUT2D eigenvalue weighted by molar-refractivity contribution is 6.31. The fraction of sp³-hybridized carbons (Fsp3) is 0.179. The number of nitrogens with zero attached hydrogens (tertiary/aromatic N) is 1. The predicted molar refractivity (Wildman–Crippen MR) is 139 cm³/mol. The highest BCUT2D eigenvalue weighted by atomic mass is 35.5. The molecule has 6 nitrogen and oxygen atoms in total. The number of carbonyl (C=O) groups excluding carboxylic acids is 2. The van der Waals surface area contributed by atoms with E-state index in [-0.39, 0.29) is 18.0 Å². The summed E-state index contributed by atoms with van der Waals surface area (Å²) in [5.41, 5.74) is 2.97. The minimum absolute atomic E-state index is 0.0128. The fourth-order valence-corrected chi connectivity index (χ4v) is 3.99. The lowest BCUT2D eigenvalue weighted by molar-refractivity contribution is -0.116. The first-order valence-corrected chi connectivity index (χ1v) is 11.6. The van der Waals surface area contributed by atoms with E-state index in [0.717, 1.165) is 11.1 Å². The van der Waals surface area contributed by atoms with Gasteiger partial charge in [0.2, 0.25) is 11.3 Å². The van der Waals surface area contributed by atoms with E-state index in [2.05, 4.69) is 5.32 Å². The molecule has 1 N–H and O–H groups in total. The number of aromatic nitrogens is 1. The quantitative estimate of drug-likeness (QED) is 0.346. The van der Waals surface area contributed by atoms with Gasteiger partial charge < -0.3 is 14.6 Å². The van der Waals surface area contributed by atoms with Crippen LogP contribution in [0.4, 0.5) is 5.69 Å². The van der Waals surface area contributed by atoms with E-state index in [4.69, 9.17) is 16.3 Å². The minimum atomic E-state index is -0.408. The summed E-state index contributed by atoms with van der Waals surface area (Å²) >= 11 is 6.18. The van der Waals surface area contributed by atoms with Crippen LogP contribution in [-0.4, -0.2) is 22.9 Å². The number of rotatable bonds is 7. The number of hydrogen-bond acceptors (Lipinski definition) is 4. The van der Waals surface area contributed by atoms with Crippen molar-refractivity contribution in [1.29, 1.82) is 0 Å². The first kappa shape index (κ1) is 24.2. The van der Waals surface area contributed by atoms with Crippen molar-refractivity contribution in [2.24, 2.45) is 0 Å². The Morgan fingerprint density at radius 2 is 1.74 bits per heavy atom. The van der Waals surface area contributed by atoms with Crippen molar-refractivity contribution < 1.29 is 14.3 Å². The van der Waals surface area contributed by atoms with Crippen molar-refractivity contribution in [3.05, 3.63) is 104 Å². The molecule has 35 heavy (non-hydrogen) atoms. The Hall–Kier alpha value is -3.90. The van der Waals surface area contributed by atoms with Gasteiger partial charge in [-0.1, -0.05) is 47.5 Å². The summed E-state index contributed by atoms with van der Waals surface area (Å²) in [5.74, 6) is -0.210. The molecule has 0 spiro atoms. The molecule has 0 fully saturated rings. The zero-order valence-corrected chi connectivity index (χ0v) is 20.5. The van der Waals surface area contributed by atoms with Crippen LogP contribution >= 0.6 is 11.6 Å². The molecule has 4 rings (SSSR count). The maximum absolute atomic E-state index is 13.4. The predicted octanol–water partition coefficient (Wildman–Crippen LogP) is 5.54. The molecule has 0 saturated heterocycles. The number of halogens is 1. The lowest BCUT2D eigenvalue weighted by Gasteiger charge is -2.15. The second-order valence-electron chi connectivity index (χ2n) is 8.32. The summed E-state index contributed by atoms with van der Waals surface area (Å²) in [4.78, 5) is 39.5. The summed E-state index contributed by atoms with van der Waals surface area (Å²) in [6.07, 6.45) is 1.45. The maximum atomic E-state index is 13.4. The summed E-state index contributed by atoms with van der Waals surface area (Å²) in [5, 5.41) is 3.68. The van der Waals surface area contributed by atoms with Crippen LogP contribution in [0, 0.1) is 13.8 Å². The van der Waals surface area contributed by atoms with Gasteiger partial charge in [-0.15, -0.1) is 0 Å². The molecule has 0 atom stereocenters. The van der Waals surface area contributed by atoms with E-state index in [1.54, 1.807) is 47.0 Å². The number of ketones is 1. The second-order valence-corrected chi connectivity index (χ2v) is 8.73. The van der Waals surface area contributed by atoms with E-state index in [1.807, 2.05) is 39.0 Å². The molecule has 3 aromatic carbocycles. The highest BCUT2D eigenvalue weighted by Crippen LogP contribution is 2.22. The number of carbonyl (C=O) groups is 2. The number of amides is 1. The van der Waals surface area contributed by atoms with Crippen molar-refractivity contribution in [2.45, 2.75) is 27.3 Å². The van der Waals surface area contributed by atoms with Gasteiger partial charge in [-0.2, -0.15) is 0 Å². The van der Waals surface area contributed by atoms with Crippen molar-refractivity contribution in [2.75, 3.05) is 11.9 Å². The molecule has 178 valence electrons. The normalized spacial score (nSPS) is 10.9. The minimum Gasteiger partial charge on any atom is -0.494 e. The van der Waals surface area contributed by atoms with Gasteiger partial charge in [0.25, 0.3) is 0 Å². The fourth-order valence-electron chi connectivity index (χ4n) is 3.81. The Morgan fingerprint density at radius 1 is 1.00 bits per heavy atom. The Labute approximate surface area is 208 Å². The van der Waals surface area contributed by atoms with Crippen LogP contribution in [0.15, 0.2) is 71.7 Å². The Balaban J connectivity index is 1.77. The number of fused-ring (bicyclic) bond motifs is 1. The average molecular weight is 489 g/mol. The molecule has 1 heterocycles. The number of pyridine rings is 1. The van der Waals surface area contributed by atoms with Crippen LogP contribution in [-0.2, 0) is 11.3 Å². The molecule has 4 aromatic rings. The lowest BCUT2D eigenvalue weighted by Crippen LogP contribution is -2.24. The van der Waals surface area contributed by atoms with Crippen LogP contribution in [0.2, 0.25) is 5.02 Å². The number of benzene rings is 3. The molecule has 1 aromatic heterocycles. The van der Waals surface area contributed by atoms with Gasteiger partial charge in [-0.25, -0.2) is 0 Å². The second kappa shape index (κ2) is 10.2. The van der Waals surface area contributed by atoms with E-state index >= 15 is 0 Å². The maximum Gasteiger partial charge on any atom is 0.244 e. The molecule has 0 radical (unpaired) electrons. The first-order chi connectivity index (χ1) is 16.8. The van der Waals surface area contributed by atoms with Crippen molar-refractivity contribution in [3.8, 4) is 5.75 Å². The molecular formula is C28H25ClN2O4. The van der Waals surface area contributed by atoms with Gasteiger partial charge in [-0.05, 0) is 56.7 Å². The van der Waals surface area contributed by atoms with Crippen LogP contribution in [0.3, 0.4) is 0 Å². The van der Waals surface area contributed by atoms with Gasteiger partial charge in [-0.3, -0.25) is 14.4 Å². The number of hydrogen-bond donors (Lipinski definition) is 1. The standard InChI is InChI=1S/C28H25ClN2O4/c1-4-35-21-11-12-25-22(14-21)28(34)23(27(33)19-8-5-17(2)6-9-19)15-31(25)16-26(32)30-20-10-7-18(3)24(29)13-20/h5-15H,4,16H2,1-3H3,(H,30,32). The largest absolute Gasteiger partial charge is 0.494 e. The Morgan fingerprint density at radius 3 is 2.43 bits per heavy atom. The molecule has 0 aliphatic carbocycles. The molecule has 0 bridgehead atoms. The summed E-state index contributed by atoms with van der Waals surface area (Å²) in [6, 6.07) is 17.4. The summed E-state index contributed by atoms with van der Waals surface area (Å²) in [7, 11) is 0. The van der Waals surface area contributed by atoms with Gasteiger partial charge in [0.05, 0.1) is 23.1 Å². The molecule has 0 unspecified atom stereocenters. The van der Waals surface area contributed by atoms with Gasteiger partial charge in [0.15, 0.2) is 5.78 Å².